The highest BCUT2D eigenvalue weighted by atomic mass is 16.3. The molecule has 3 saturated carbocycles. The van der Waals surface area contributed by atoms with E-state index in [9.17, 15) is 5.11 Å². The summed E-state index contributed by atoms with van der Waals surface area (Å²) < 4.78 is 0. The first-order valence-corrected chi connectivity index (χ1v) is 4.84. The van der Waals surface area contributed by atoms with Crippen LogP contribution in [0.3, 0.4) is 0 Å². The lowest BCUT2D eigenvalue weighted by molar-refractivity contribution is -0.202. The maximum Gasteiger partial charge on any atom is 0.0803 e. The Morgan fingerprint density at radius 2 is 1.83 bits per heavy atom. The van der Waals surface area contributed by atoms with E-state index in [0.29, 0.717) is 11.3 Å². The zero-order chi connectivity index (χ0) is 9.15. The fraction of sp³-hybridized carbons (Fsp3) is 1.00. The van der Waals surface area contributed by atoms with E-state index in [0.717, 1.165) is 12.3 Å². The van der Waals surface area contributed by atoms with Gasteiger partial charge in [-0.3, -0.25) is 0 Å². The number of aliphatic hydroxyl groups is 1. The van der Waals surface area contributed by atoms with Gasteiger partial charge in [0.15, 0.2) is 0 Å². The van der Waals surface area contributed by atoms with Crippen LogP contribution in [-0.4, -0.2) is 16.7 Å². The van der Waals surface area contributed by atoms with Crippen LogP contribution in [0.1, 0.15) is 33.6 Å². The molecule has 3 fully saturated rings. The number of hydrogen-bond acceptors (Lipinski definition) is 2. The minimum Gasteiger partial charge on any atom is -0.388 e. The zero-order valence-corrected chi connectivity index (χ0v) is 8.17. The molecular formula is C10H19NO. The van der Waals surface area contributed by atoms with Gasteiger partial charge in [-0.2, -0.15) is 0 Å². The molecule has 2 heteroatoms. The minimum absolute atomic E-state index is 0.00530. The van der Waals surface area contributed by atoms with Gasteiger partial charge in [0.05, 0.1) is 5.60 Å². The van der Waals surface area contributed by atoms with E-state index >= 15 is 0 Å². The molecule has 0 aromatic rings. The van der Waals surface area contributed by atoms with Crippen molar-refractivity contribution in [2.75, 3.05) is 0 Å². The van der Waals surface area contributed by atoms with Crippen molar-refractivity contribution in [1.82, 2.24) is 0 Å². The Morgan fingerprint density at radius 3 is 2.17 bits per heavy atom. The van der Waals surface area contributed by atoms with Crippen LogP contribution in [0.15, 0.2) is 0 Å². The van der Waals surface area contributed by atoms with E-state index in [1.807, 2.05) is 6.92 Å². The van der Waals surface area contributed by atoms with Crippen molar-refractivity contribution in [1.29, 1.82) is 0 Å². The van der Waals surface area contributed by atoms with Gasteiger partial charge in [0, 0.05) is 6.04 Å². The van der Waals surface area contributed by atoms with Gasteiger partial charge in [0.1, 0.15) is 0 Å². The van der Waals surface area contributed by atoms with Crippen LogP contribution in [0.2, 0.25) is 0 Å². The molecule has 0 amide bonds. The molecule has 0 aromatic heterocycles. The van der Waals surface area contributed by atoms with Gasteiger partial charge in [0.25, 0.3) is 0 Å². The monoisotopic (exact) mass is 169 g/mol. The highest BCUT2D eigenvalue weighted by Gasteiger charge is 2.61. The van der Waals surface area contributed by atoms with Crippen LogP contribution < -0.4 is 5.73 Å². The summed E-state index contributed by atoms with van der Waals surface area (Å²) in [5, 5.41) is 10.2. The van der Waals surface area contributed by atoms with Gasteiger partial charge in [-0.1, -0.05) is 13.8 Å². The summed E-state index contributed by atoms with van der Waals surface area (Å²) in [5.74, 6) is 1.16. The van der Waals surface area contributed by atoms with Gasteiger partial charge >= 0.3 is 0 Å². The van der Waals surface area contributed by atoms with E-state index in [4.69, 9.17) is 5.73 Å². The van der Waals surface area contributed by atoms with Crippen LogP contribution in [0.5, 0.6) is 0 Å². The van der Waals surface area contributed by atoms with Gasteiger partial charge < -0.3 is 10.8 Å². The molecule has 3 aliphatic carbocycles. The van der Waals surface area contributed by atoms with Crippen LogP contribution in [-0.2, 0) is 0 Å². The smallest absolute Gasteiger partial charge is 0.0803 e. The van der Waals surface area contributed by atoms with Crippen molar-refractivity contribution in [2.45, 2.75) is 45.3 Å². The molecule has 0 unspecified atom stereocenters. The van der Waals surface area contributed by atoms with Crippen LogP contribution in [0.4, 0.5) is 0 Å². The summed E-state index contributed by atoms with van der Waals surface area (Å²) in [6, 6.07) is -0.00530. The molecule has 4 atom stereocenters. The number of hydrogen-bond donors (Lipinski definition) is 2. The fourth-order valence-electron chi connectivity index (χ4n) is 3.21. The van der Waals surface area contributed by atoms with E-state index in [1.54, 1.807) is 0 Å². The molecule has 3 aliphatic rings. The molecule has 70 valence electrons. The van der Waals surface area contributed by atoms with Crippen molar-refractivity contribution in [3.8, 4) is 0 Å². The Kier molecular flexibility index (Phi) is 1.45. The molecule has 3 rings (SSSR count). The second kappa shape index (κ2) is 2.05. The largest absolute Gasteiger partial charge is 0.388 e. The molecule has 0 heterocycles. The molecule has 12 heavy (non-hydrogen) atoms. The second-order valence-corrected chi connectivity index (χ2v) is 5.37. The predicted octanol–water partition coefficient (Wildman–Crippen LogP) is 1.13. The number of rotatable bonds is 0. The van der Waals surface area contributed by atoms with Crippen LogP contribution >= 0.6 is 0 Å². The molecule has 2 nitrogen and oxygen atoms in total. The van der Waals surface area contributed by atoms with Crippen molar-refractivity contribution in [3.05, 3.63) is 0 Å². The van der Waals surface area contributed by atoms with Crippen molar-refractivity contribution in [2.24, 2.45) is 23.0 Å². The summed E-state index contributed by atoms with van der Waals surface area (Å²) in [6.45, 7) is 6.41. The summed E-state index contributed by atoms with van der Waals surface area (Å²) in [5.41, 5.74) is 5.60. The van der Waals surface area contributed by atoms with Gasteiger partial charge in [-0.05, 0) is 37.0 Å². The third kappa shape index (κ3) is 0.775. The highest BCUT2D eigenvalue weighted by Crippen LogP contribution is 2.62. The van der Waals surface area contributed by atoms with E-state index < -0.39 is 5.60 Å². The van der Waals surface area contributed by atoms with Gasteiger partial charge in [-0.25, -0.2) is 0 Å². The lowest BCUT2D eigenvalue weighted by atomic mass is 9.43. The first-order valence-electron chi connectivity index (χ1n) is 4.84. The van der Waals surface area contributed by atoms with Crippen LogP contribution in [0, 0.1) is 17.3 Å². The maximum atomic E-state index is 10.2. The first-order chi connectivity index (χ1) is 5.37. The average molecular weight is 169 g/mol. The Labute approximate surface area is 74.1 Å². The quantitative estimate of drug-likeness (QED) is 0.571. The molecular weight excluding hydrogens is 150 g/mol. The van der Waals surface area contributed by atoms with Crippen LogP contribution in [0.25, 0.3) is 0 Å². The normalized spacial score (nSPS) is 56.2. The minimum atomic E-state index is -0.627. The Bertz CT molecular complexity index is 210. The Hall–Kier alpha value is -0.0800. The lowest BCUT2D eigenvalue weighted by Crippen LogP contribution is -2.68. The highest BCUT2D eigenvalue weighted by molar-refractivity contribution is 5.13. The third-order valence-corrected chi connectivity index (χ3v) is 4.47. The standard InChI is InChI=1S/C10H19NO/c1-9(2)6-4-7(9)10(3,12)8(11)5-6/h6-8,12H,4-5,11H2,1-3H3/t6-,7+,8+,10-/m1/s1. The van der Waals surface area contributed by atoms with E-state index in [-0.39, 0.29) is 6.04 Å². The average Bonchev–Trinajstić information content (AvgIpc) is 1.93. The lowest BCUT2D eigenvalue weighted by Gasteiger charge is -2.64. The maximum absolute atomic E-state index is 10.2. The molecule has 0 spiro atoms. The van der Waals surface area contributed by atoms with Gasteiger partial charge in [-0.15, -0.1) is 0 Å². The predicted molar refractivity (Wildman–Crippen MR) is 48.6 cm³/mol. The number of nitrogens with two attached hydrogens (primary N) is 1. The van der Waals surface area contributed by atoms with Gasteiger partial charge in [0.2, 0.25) is 0 Å². The topological polar surface area (TPSA) is 46.2 Å². The van der Waals surface area contributed by atoms with E-state index in [1.165, 1.54) is 6.42 Å². The molecule has 0 aliphatic heterocycles. The van der Waals surface area contributed by atoms with E-state index in [2.05, 4.69) is 13.8 Å². The molecule has 3 N–H and O–H groups in total. The zero-order valence-electron chi connectivity index (χ0n) is 8.17. The SMILES string of the molecule is CC1(C)[C@H]2C[C@H](N)[C@](C)(O)[C@H]1C2. The summed E-state index contributed by atoms with van der Waals surface area (Å²) in [7, 11) is 0. The fourth-order valence-corrected chi connectivity index (χ4v) is 3.21. The van der Waals surface area contributed by atoms with Crippen molar-refractivity contribution >= 4 is 0 Å². The van der Waals surface area contributed by atoms with Crippen molar-refractivity contribution < 1.29 is 5.11 Å². The Balaban J connectivity index is 2.27. The Morgan fingerprint density at radius 1 is 1.25 bits per heavy atom. The summed E-state index contributed by atoms with van der Waals surface area (Å²) >= 11 is 0. The molecule has 0 saturated heterocycles. The molecule has 0 radical (unpaired) electrons. The second-order valence-electron chi connectivity index (χ2n) is 5.37. The third-order valence-electron chi connectivity index (χ3n) is 4.47. The summed E-state index contributed by atoms with van der Waals surface area (Å²) in [4.78, 5) is 0. The molecule has 0 aromatic carbocycles. The number of fused-ring (bicyclic) bond motifs is 2. The first kappa shape index (κ1) is 8.52. The summed E-state index contributed by atoms with van der Waals surface area (Å²) in [6.07, 6.45) is 2.17. The van der Waals surface area contributed by atoms with Crippen molar-refractivity contribution in [3.63, 3.8) is 0 Å². The molecule has 2 bridgehead atoms.